The van der Waals surface area contributed by atoms with Crippen molar-refractivity contribution in [3.63, 3.8) is 0 Å². The highest BCUT2D eigenvalue weighted by atomic mass is 32.1. The normalized spacial score (nSPS) is 25.9. The van der Waals surface area contributed by atoms with Gasteiger partial charge in [-0.25, -0.2) is 0 Å². The predicted octanol–water partition coefficient (Wildman–Crippen LogP) is 3.11. The molecule has 2 amide bonds. The number of carbonyl (C=O) groups excluding carboxylic acids is 2. The molecule has 2 bridgehead atoms. The summed E-state index contributed by atoms with van der Waals surface area (Å²) in [5.74, 6) is 1.42. The van der Waals surface area contributed by atoms with Gasteiger partial charge in [0.05, 0.1) is 0 Å². The molecule has 1 aromatic carbocycles. The van der Waals surface area contributed by atoms with Crippen molar-refractivity contribution in [1.29, 1.82) is 0 Å². The van der Waals surface area contributed by atoms with E-state index in [0.717, 1.165) is 25.9 Å². The van der Waals surface area contributed by atoms with Crippen LogP contribution in [0.3, 0.4) is 0 Å². The van der Waals surface area contributed by atoms with Crippen LogP contribution in [0.2, 0.25) is 0 Å². The van der Waals surface area contributed by atoms with Gasteiger partial charge in [0.25, 0.3) is 11.1 Å². The lowest BCUT2D eigenvalue weighted by atomic mass is 9.79. The number of amides is 2. The van der Waals surface area contributed by atoms with Crippen LogP contribution in [0.15, 0.2) is 29.6 Å². The molecule has 3 saturated heterocycles. The third-order valence-corrected chi connectivity index (χ3v) is 6.30. The molecule has 7 nitrogen and oxygen atoms in total. The summed E-state index contributed by atoms with van der Waals surface area (Å²) in [6.45, 7) is 5.92. The number of hydrogen-bond acceptors (Lipinski definition) is 6. The maximum Gasteiger partial charge on any atom is 0.280 e. The standard InChI is InChI=1S/C20H24N4O3S/c1-12-18(14-7-9-24(12)10-8-14)23-19(26)15-3-5-16(6-4-15)27-20-22-17(11-28-20)21-13(2)25/h3-6,11-12,14,18H,7-10H2,1-2H3,(H,21,25)(H,23,26). The van der Waals surface area contributed by atoms with E-state index in [-0.39, 0.29) is 17.9 Å². The maximum absolute atomic E-state index is 12.7. The van der Waals surface area contributed by atoms with Crippen LogP contribution in [0.25, 0.3) is 0 Å². The monoisotopic (exact) mass is 400 g/mol. The van der Waals surface area contributed by atoms with Crippen molar-refractivity contribution in [3.05, 3.63) is 35.2 Å². The van der Waals surface area contributed by atoms with E-state index in [0.29, 0.717) is 34.3 Å². The molecule has 4 heterocycles. The lowest BCUT2D eigenvalue weighted by Gasteiger charge is -2.49. The zero-order valence-corrected chi connectivity index (χ0v) is 16.8. The number of carbonyl (C=O) groups is 2. The van der Waals surface area contributed by atoms with Gasteiger partial charge in [-0.15, -0.1) is 0 Å². The van der Waals surface area contributed by atoms with Gasteiger partial charge < -0.3 is 15.4 Å². The first-order chi connectivity index (χ1) is 13.5. The highest BCUT2D eigenvalue weighted by Crippen LogP contribution is 2.32. The molecule has 0 saturated carbocycles. The van der Waals surface area contributed by atoms with E-state index in [1.165, 1.54) is 18.3 Å². The number of thiazole rings is 1. The van der Waals surface area contributed by atoms with Gasteiger partial charge in [-0.2, -0.15) is 4.98 Å². The highest BCUT2D eigenvalue weighted by molar-refractivity contribution is 7.11. The molecule has 3 fully saturated rings. The van der Waals surface area contributed by atoms with E-state index < -0.39 is 0 Å². The number of piperidine rings is 3. The SMILES string of the molecule is CC(=O)Nc1csc(Oc2ccc(C(=O)NC3C4CCN(CC4)C3C)cc2)n1. The average molecular weight is 401 g/mol. The van der Waals surface area contributed by atoms with Gasteiger partial charge in [-0.3, -0.25) is 14.5 Å². The summed E-state index contributed by atoms with van der Waals surface area (Å²) < 4.78 is 5.70. The molecular formula is C20H24N4O3S. The Labute approximate surface area is 168 Å². The molecule has 2 aromatic rings. The average Bonchev–Trinajstić information content (AvgIpc) is 3.11. The molecule has 0 spiro atoms. The Kier molecular flexibility index (Phi) is 5.32. The van der Waals surface area contributed by atoms with Crippen LogP contribution >= 0.6 is 11.3 Å². The summed E-state index contributed by atoms with van der Waals surface area (Å²) in [6, 6.07) is 7.65. The second-order valence-corrected chi connectivity index (χ2v) is 8.24. The first-order valence-electron chi connectivity index (χ1n) is 9.55. The van der Waals surface area contributed by atoms with Crippen molar-refractivity contribution in [2.24, 2.45) is 5.92 Å². The molecule has 1 aromatic heterocycles. The Hall–Kier alpha value is -2.45. The van der Waals surface area contributed by atoms with Crippen LogP contribution in [0.4, 0.5) is 5.82 Å². The minimum atomic E-state index is -0.176. The lowest BCUT2D eigenvalue weighted by Crippen LogP contribution is -2.62. The molecule has 3 aliphatic heterocycles. The van der Waals surface area contributed by atoms with Gasteiger partial charge in [0.1, 0.15) is 11.6 Å². The van der Waals surface area contributed by atoms with Crippen LogP contribution in [0, 0.1) is 5.92 Å². The first kappa shape index (κ1) is 18.9. The summed E-state index contributed by atoms with van der Waals surface area (Å²) in [5, 5.41) is 8.00. The fraction of sp³-hybridized carbons (Fsp3) is 0.450. The largest absolute Gasteiger partial charge is 0.431 e. The molecule has 0 radical (unpaired) electrons. The summed E-state index contributed by atoms with van der Waals surface area (Å²) in [7, 11) is 0. The van der Waals surface area contributed by atoms with Crippen LogP contribution < -0.4 is 15.4 Å². The number of aromatic nitrogens is 1. The second-order valence-electron chi connectivity index (χ2n) is 7.42. The van der Waals surface area contributed by atoms with Crippen molar-refractivity contribution in [2.75, 3.05) is 18.4 Å². The Morgan fingerprint density at radius 2 is 1.93 bits per heavy atom. The molecule has 3 aliphatic rings. The van der Waals surface area contributed by atoms with Crippen molar-refractivity contribution >= 4 is 29.0 Å². The van der Waals surface area contributed by atoms with Gasteiger partial charge in [0, 0.05) is 30.0 Å². The fourth-order valence-electron chi connectivity index (χ4n) is 4.10. The van der Waals surface area contributed by atoms with Crippen molar-refractivity contribution < 1.29 is 14.3 Å². The Morgan fingerprint density at radius 3 is 2.57 bits per heavy atom. The number of hydrogen-bond donors (Lipinski definition) is 2. The molecule has 28 heavy (non-hydrogen) atoms. The summed E-state index contributed by atoms with van der Waals surface area (Å²) in [5.41, 5.74) is 0.620. The van der Waals surface area contributed by atoms with E-state index in [2.05, 4.69) is 27.4 Å². The van der Waals surface area contributed by atoms with Crippen molar-refractivity contribution in [1.82, 2.24) is 15.2 Å². The summed E-state index contributed by atoms with van der Waals surface area (Å²) in [6.07, 6.45) is 2.33. The third kappa shape index (κ3) is 4.02. The van der Waals surface area contributed by atoms with Gasteiger partial charge in [0.15, 0.2) is 0 Å². The maximum atomic E-state index is 12.7. The number of rotatable bonds is 5. The third-order valence-electron chi connectivity index (χ3n) is 5.58. The Morgan fingerprint density at radius 1 is 1.21 bits per heavy atom. The molecule has 148 valence electrons. The van der Waals surface area contributed by atoms with Gasteiger partial charge in [0.2, 0.25) is 5.91 Å². The second kappa shape index (κ2) is 7.89. The number of ether oxygens (including phenoxy) is 1. The molecule has 5 rings (SSSR count). The highest BCUT2D eigenvalue weighted by Gasteiger charge is 2.40. The molecule has 0 aliphatic carbocycles. The van der Waals surface area contributed by atoms with Gasteiger partial charge in [-0.1, -0.05) is 11.3 Å². The van der Waals surface area contributed by atoms with Crippen LogP contribution in [0.5, 0.6) is 10.9 Å². The van der Waals surface area contributed by atoms with E-state index in [4.69, 9.17) is 4.74 Å². The first-order valence-corrected chi connectivity index (χ1v) is 10.4. The van der Waals surface area contributed by atoms with E-state index in [1.54, 1.807) is 29.6 Å². The van der Waals surface area contributed by atoms with E-state index in [9.17, 15) is 9.59 Å². The Bertz CT molecular complexity index is 857. The summed E-state index contributed by atoms with van der Waals surface area (Å²) >= 11 is 1.30. The smallest absolute Gasteiger partial charge is 0.280 e. The Balaban J connectivity index is 1.37. The van der Waals surface area contributed by atoms with E-state index >= 15 is 0 Å². The molecule has 8 heteroatoms. The minimum absolute atomic E-state index is 0.0423. The van der Waals surface area contributed by atoms with Crippen LogP contribution in [0.1, 0.15) is 37.0 Å². The van der Waals surface area contributed by atoms with E-state index in [1.807, 2.05) is 0 Å². The quantitative estimate of drug-likeness (QED) is 0.806. The number of fused-ring (bicyclic) bond motifs is 3. The van der Waals surface area contributed by atoms with Crippen molar-refractivity contribution in [3.8, 4) is 10.9 Å². The topological polar surface area (TPSA) is 83.6 Å². The van der Waals surface area contributed by atoms with Crippen LogP contribution in [-0.2, 0) is 4.79 Å². The van der Waals surface area contributed by atoms with Crippen LogP contribution in [-0.4, -0.2) is 46.9 Å². The minimum Gasteiger partial charge on any atom is -0.431 e. The number of benzene rings is 1. The zero-order valence-electron chi connectivity index (χ0n) is 16.0. The molecular weight excluding hydrogens is 376 g/mol. The van der Waals surface area contributed by atoms with Crippen molar-refractivity contribution in [2.45, 2.75) is 38.8 Å². The van der Waals surface area contributed by atoms with Gasteiger partial charge in [-0.05, 0) is 63.0 Å². The number of anilines is 1. The fourth-order valence-corrected chi connectivity index (χ4v) is 4.72. The number of nitrogens with zero attached hydrogens (tertiary/aromatic N) is 2. The number of nitrogens with one attached hydrogen (secondary N) is 2. The predicted molar refractivity (Wildman–Crippen MR) is 108 cm³/mol. The molecule has 2 N–H and O–H groups in total. The molecule has 2 atom stereocenters. The van der Waals surface area contributed by atoms with Gasteiger partial charge >= 0.3 is 0 Å². The molecule has 2 unspecified atom stereocenters. The summed E-state index contributed by atoms with van der Waals surface area (Å²) in [4.78, 5) is 30.4. The zero-order chi connectivity index (χ0) is 19.7. The lowest BCUT2D eigenvalue weighted by molar-refractivity contribution is -0.114.